The second kappa shape index (κ2) is 30.3. The van der Waals surface area contributed by atoms with Gasteiger partial charge in [0.15, 0.2) is 0 Å². The van der Waals surface area contributed by atoms with Crippen LogP contribution < -0.4 is 37.2 Å². The molecule has 0 unspecified atom stereocenters. The average Bonchev–Trinajstić information content (AvgIpc) is 3.20. The van der Waals surface area contributed by atoms with Crippen molar-refractivity contribution in [1.82, 2.24) is 37.2 Å². The molecule has 1 rings (SSSR count). The van der Waals surface area contributed by atoms with Gasteiger partial charge in [-0.2, -0.15) is 0 Å². The molecular formula is C37H51N7O19S2. The highest BCUT2D eigenvalue weighted by molar-refractivity contribution is 8.76. The van der Waals surface area contributed by atoms with Crippen molar-refractivity contribution < 1.29 is 92.9 Å². The summed E-state index contributed by atoms with van der Waals surface area (Å²) < 4.78 is 4.76. The minimum atomic E-state index is -1.87. The summed E-state index contributed by atoms with van der Waals surface area (Å²) in [6, 6.07) is -3.73. The van der Waals surface area contributed by atoms with Crippen LogP contribution in [0.3, 0.4) is 0 Å². The number of esters is 1. The van der Waals surface area contributed by atoms with Crippen molar-refractivity contribution >= 4 is 93.2 Å². The molecule has 13 N–H and O–H groups in total. The third-order valence-corrected chi connectivity index (χ3v) is 10.7. The number of benzene rings is 1. The van der Waals surface area contributed by atoms with Gasteiger partial charge in [0, 0.05) is 37.9 Å². The molecule has 0 saturated heterocycles. The summed E-state index contributed by atoms with van der Waals surface area (Å²) in [7, 11) is 2.14. The molecule has 65 heavy (non-hydrogen) atoms. The molecule has 7 amide bonds. The Hall–Kier alpha value is -6.84. The average molecular weight is 962 g/mol. The van der Waals surface area contributed by atoms with Gasteiger partial charge in [-0.15, -0.1) is 0 Å². The molecule has 1 aromatic rings. The van der Waals surface area contributed by atoms with E-state index >= 15 is 0 Å². The van der Waals surface area contributed by atoms with Gasteiger partial charge in [-0.25, -0.2) is 24.0 Å². The number of hydrogen-bond acceptors (Lipinski definition) is 15. The van der Waals surface area contributed by atoms with E-state index in [9.17, 15) is 78.0 Å². The molecule has 28 heteroatoms. The van der Waals surface area contributed by atoms with Gasteiger partial charge in [0.1, 0.15) is 36.8 Å². The number of carbonyl (C=O) groups excluding carboxylic acids is 6. The summed E-state index contributed by atoms with van der Waals surface area (Å²) in [5.41, 5.74) is 0.973. The maximum atomic E-state index is 13.1. The van der Waals surface area contributed by atoms with E-state index < -0.39 is 127 Å². The molecule has 0 aliphatic rings. The van der Waals surface area contributed by atoms with Gasteiger partial charge in [-0.1, -0.05) is 45.9 Å². The Kier molecular flexibility index (Phi) is 26.2. The van der Waals surface area contributed by atoms with Crippen LogP contribution >= 0.6 is 21.6 Å². The van der Waals surface area contributed by atoms with Crippen LogP contribution in [0.5, 0.6) is 0 Å². The number of amides is 7. The molecule has 360 valence electrons. The Bertz CT molecular complexity index is 1870. The van der Waals surface area contributed by atoms with Crippen molar-refractivity contribution in [3.63, 3.8) is 0 Å². The number of rotatable bonds is 32. The standard InChI is InChI=1S/C37H51N7O19S2/c1-19(45)63-12-13-64-65-18-26(35(59)60)42-32(54)25(16-30(51)52)41-31(53)24(15-29(49)50)40-27(46)14-20-5-7-21(8-6-20)17-39-36(61)38-11-3-2-4-22(33(55)56)43-37(62)44-23(34(57)58)9-10-28(47)48/h5-8,22-26H,2-4,9-18H2,1H3,(H,40,46)(H,41,53)(H,42,54)(H,47,48)(H,49,50)(H,51,52)(H,55,56)(H,57,58)(H,59,60)(H2,38,39,61)(H2,43,44,62)/t22-,23-,24-,25-,26-/m0/s1. The second-order valence-electron chi connectivity index (χ2n) is 13.7. The molecule has 1 aromatic carbocycles. The molecule has 0 aliphatic carbocycles. The van der Waals surface area contributed by atoms with Gasteiger partial charge in [-0.05, 0) is 36.8 Å². The van der Waals surface area contributed by atoms with Crippen LogP contribution in [0.25, 0.3) is 0 Å². The van der Waals surface area contributed by atoms with Gasteiger partial charge < -0.3 is 72.6 Å². The lowest BCUT2D eigenvalue weighted by atomic mass is 10.1. The minimum absolute atomic E-state index is 0.0246. The molecular weight excluding hydrogens is 911 g/mol. The summed E-state index contributed by atoms with van der Waals surface area (Å²) in [5.74, 6) is -12.5. The first-order valence-corrected chi connectivity index (χ1v) is 21.8. The highest BCUT2D eigenvalue weighted by Gasteiger charge is 2.32. The maximum absolute atomic E-state index is 13.1. The maximum Gasteiger partial charge on any atom is 0.327 e. The van der Waals surface area contributed by atoms with Crippen LogP contribution in [0.15, 0.2) is 24.3 Å². The first-order valence-electron chi connectivity index (χ1n) is 19.4. The van der Waals surface area contributed by atoms with Crippen molar-refractivity contribution in [1.29, 1.82) is 0 Å². The molecule has 0 spiro atoms. The number of aliphatic carboxylic acids is 6. The fourth-order valence-corrected chi connectivity index (χ4v) is 7.13. The zero-order chi connectivity index (χ0) is 49.1. The molecule has 5 atom stereocenters. The Labute approximate surface area is 377 Å². The van der Waals surface area contributed by atoms with Crippen molar-refractivity contribution in [2.75, 3.05) is 24.7 Å². The Balaban J connectivity index is 2.67. The van der Waals surface area contributed by atoms with E-state index in [2.05, 4.69) is 31.9 Å². The fraction of sp³-hybridized carbons (Fsp3) is 0.514. The van der Waals surface area contributed by atoms with E-state index in [4.69, 9.17) is 14.9 Å². The molecule has 0 fully saturated rings. The molecule has 0 bridgehead atoms. The van der Waals surface area contributed by atoms with Crippen molar-refractivity contribution in [3.05, 3.63) is 35.4 Å². The highest BCUT2D eigenvalue weighted by Crippen LogP contribution is 2.22. The normalized spacial score (nSPS) is 12.9. The minimum Gasteiger partial charge on any atom is -0.481 e. The lowest BCUT2D eigenvalue weighted by Crippen LogP contribution is -2.57. The number of carboxylic acids is 6. The molecule has 0 radical (unpaired) electrons. The summed E-state index contributed by atoms with van der Waals surface area (Å²) >= 11 is 0. The third-order valence-electron chi connectivity index (χ3n) is 8.35. The van der Waals surface area contributed by atoms with Crippen LogP contribution in [0, 0.1) is 0 Å². The second-order valence-corrected chi connectivity index (χ2v) is 16.3. The third kappa shape index (κ3) is 25.8. The zero-order valence-corrected chi connectivity index (χ0v) is 36.3. The fourth-order valence-electron chi connectivity index (χ4n) is 5.15. The van der Waals surface area contributed by atoms with E-state index in [1.54, 1.807) is 12.1 Å². The predicted octanol–water partition coefficient (Wildman–Crippen LogP) is -1.30. The van der Waals surface area contributed by atoms with Crippen LogP contribution in [-0.4, -0.2) is 157 Å². The van der Waals surface area contributed by atoms with Crippen molar-refractivity contribution in [2.45, 2.75) is 95.0 Å². The number of nitrogens with one attached hydrogen (secondary N) is 7. The molecule has 0 aliphatic heterocycles. The van der Waals surface area contributed by atoms with Gasteiger partial charge in [0.05, 0.1) is 19.3 Å². The Morgan fingerprint density at radius 3 is 1.62 bits per heavy atom. The van der Waals surface area contributed by atoms with Gasteiger partial charge in [0.2, 0.25) is 17.7 Å². The van der Waals surface area contributed by atoms with E-state index in [1.807, 2.05) is 5.32 Å². The van der Waals surface area contributed by atoms with Gasteiger partial charge >= 0.3 is 53.8 Å². The predicted molar refractivity (Wildman–Crippen MR) is 225 cm³/mol. The quantitative estimate of drug-likeness (QED) is 0.0227. The lowest BCUT2D eigenvalue weighted by Gasteiger charge is -2.23. The monoisotopic (exact) mass is 961 g/mol. The number of urea groups is 2. The van der Waals surface area contributed by atoms with E-state index in [-0.39, 0.29) is 51.1 Å². The summed E-state index contributed by atoms with van der Waals surface area (Å²) in [6.07, 6.45) is -2.91. The number of ether oxygens (including phenoxy) is 1. The molecule has 0 aromatic heterocycles. The Morgan fingerprint density at radius 2 is 1.09 bits per heavy atom. The largest absolute Gasteiger partial charge is 0.481 e. The summed E-state index contributed by atoms with van der Waals surface area (Å²) in [6.45, 7) is 1.39. The number of carboxylic acid groups (broad SMARTS) is 6. The Morgan fingerprint density at radius 1 is 0.569 bits per heavy atom. The van der Waals surface area contributed by atoms with Crippen molar-refractivity contribution in [2.24, 2.45) is 0 Å². The number of hydrogen-bond donors (Lipinski definition) is 13. The van der Waals surface area contributed by atoms with E-state index in [0.717, 1.165) is 21.6 Å². The highest BCUT2D eigenvalue weighted by atomic mass is 33.1. The van der Waals surface area contributed by atoms with Gasteiger partial charge in [0.25, 0.3) is 0 Å². The topological polar surface area (TPSA) is 420 Å². The van der Waals surface area contributed by atoms with Crippen LogP contribution in [0.1, 0.15) is 63.0 Å². The van der Waals surface area contributed by atoms with Crippen LogP contribution in [0.4, 0.5) is 9.59 Å². The summed E-state index contributed by atoms with van der Waals surface area (Å²) in [5, 5.41) is 71.3. The van der Waals surface area contributed by atoms with Crippen LogP contribution in [0.2, 0.25) is 0 Å². The molecule has 0 heterocycles. The first-order chi connectivity index (χ1) is 30.6. The first kappa shape index (κ1) is 56.2. The smallest absolute Gasteiger partial charge is 0.327 e. The molecule has 26 nitrogen and oxygen atoms in total. The number of carbonyl (C=O) groups is 12. The summed E-state index contributed by atoms with van der Waals surface area (Å²) in [4.78, 5) is 143. The number of unbranched alkanes of at least 4 members (excludes halogenated alkanes) is 1. The van der Waals surface area contributed by atoms with Crippen LogP contribution in [-0.2, 0) is 65.6 Å². The SMILES string of the molecule is CC(=O)OCCSSC[C@H](NC(=O)[C@H](CC(=O)O)NC(=O)[C@H](CC(=O)O)NC(=O)Cc1ccc(CNC(=O)NCCCC[C@H](NC(=O)N[C@@H](CCC(=O)O)C(=O)O)C(=O)O)cc1)C(=O)O. The molecule has 0 saturated carbocycles. The van der Waals surface area contributed by atoms with E-state index in [0.29, 0.717) is 16.9 Å². The van der Waals surface area contributed by atoms with E-state index in [1.165, 1.54) is 19.1 Å². The van der Waals surface area contributed by atoms with Gasteiger partial charge in [-0.3, -0.25) is 33.6 Å². The lowest BCUT2D eigenvalue weighted by molar-refractivity contribution is -0.144. The van der Waals surface area contributed by atoms with Crippen molar-refractivity contribution in [3.8, 4) is 0 Å². The zero-order valence-electron chi connectivity index (χ0n) is 34.7.